The fourth-order valence-corrected chi connectivity index (χ4v) is 0.849. The third kappa shape index (κ3) is 5.65. The summed E-state index contributed by atoms with van der Waals surface area (Å²) in [6.07, 6.45) is 0. The molecule has 0 aromatic heterocycles. The van der Waals surface area contributed by atoms with E-state index in [2.05, 4.69) is 4.74 Å². The van der Waals surface area contributed by atoms with Crippen LogP contribution in [0, 0.1) is 5.41 Å². The normalized spacial score (nSPS) is 12.1. The lowest BCUT2D eigenvalue weighted by molar-refractivity contribution is -0.173. The van der Waals surface area contributed by atoms with Gasteiger partial charge in [-0.25, -0.2) is 4.79 Å². The molecule has 0 heterocycles. The van der Waals surface area contributed by atoms with Gasteiger partial charge in [0.15, 0.2) is 6.61 Å². The molecular formula is C11H20O6. The molecule has 0 aliphatic heterocycles. The van der Waals surface area contributed by atoms with E-state index in [9.17, 15) is 9.59 Å². The summed E-state index contributed by atoms with van der Waals surface area (Å²) in [7, 11) is 0. The van der Waals surface area contributed by atoms with Crippen LogP contribution in [0.1, 0.15) is 27.7 Å². The Morgan fingerprint density at radius 1 is 1.06 bits per heavy atom. The number of aliphatic hydroxyl groups is 2. The molecular weight excluding hydrogens is 228 g/mol. The monoisotopic (exact) mass is 248 g/mol. The first-order valence-corrected chi connectivity index (χ1v) is 5.25. The van der Waals surface area contributed by atoms with Gasteiger partial charge in [-0.3, -0.25) is 4.79 Å². The highest BCUT2D eigenvalue weighted by molar-refractivity contribution is 5.80. The van der Waals surface area contributed by atoms with Gasteiger partial charge in [0.25, 0.3) is 0 Å². The lowest BCUT2D eigenvalue weighted by Crippen LogP contribution is -2.38. The topological polar surface area (TPSA) is 93.1 Å². The summed E-state index contributed by atoms with van der Waals surface area (Å²) in [5.41, 5.74) is -2.05. The minimum Gasteiger partial charge on any atom is -0.457 e. The predicted molar refractivity (Wildman–Crippen MR) is 59.1 cm³/mol. The van der Waals surface area contributed by atoms with Crippen molar-refractivity contribution in [1.82, 2.24) is 0 Å². The van der Waals surface area contributed by atoms with Crippen LogP contribution in [0.15, 0.2) is 0 Å². The number of carbonyl (C=O) groups excluding carboxylic acids is 2. The molecule has 6 nitrogen and oxygen atoms in total. The highest BCUT2D eigenvalue weighted by Gasteiger charge is 2.34. The van der Waals surface area contributed by atoms with Gasteiger partial charge in [0.05, 0.1) is 13.2 Å². The van der Waals surface area contributed by atoms with Crippen molar-refractivity contribution in [2.45, 2.75) is 33.3 Å². The van der Waals surface area contributed by atoms with E-state index >= 15 is 0 Å². The maximum atomic E-state index is 11.4. The number of hydrogen-bond donors (Lipinski definition) is 2. The Bertz CT molecular complexity index is 274. The van der Waals surface area contributed by atoms with Gasteiger partial charge in [-0.05, 0) is 27.7 Å². The molecule has 0 saturated heterocycles. The number of rotatable bonds is 5. The molecule has 17 heavy (non-hydrogen) atoms. The van der Waals surface area contributed by atoms with Crippen molar-refractivity contribution in [1.29, 1.82) is 0 Å². The summed E-state index contributed by atoms with van der Waals surface area (Å²) in [6.45, 7) is 4.76. The quantitative estimate of drug-likeness (QED) is 0.658. The lowest BCUT2D eigenvalue weighted by atomic mass is 9.93. The average Bonchev–Trinajstić information content (AvgIpc) is 2.22. The average molecular weight is 248 g/mol. The molecule has 0 radical (unpaired) electrons. The van der Waals surface area contributed by atoms with Crippen molar-refractivity contribution in [2.24, 2.45) is 5.41 Å². The molecule has 0 aromatic rings. The van der Waals surface area contributed by atoms with Crippen molar-refractivity contribution >= 4 is 11.9 Å². The zero-order chi connectivity index (χ0) is 13.7. The Balaban J connectivity index is 4.21. The van der Waals surface area contributed by atoms with Gasteiger partial charge in [0, 0.05) is 0 Å². The maximum absolute atomic E-state index is 11.4. The molecule has 0 amide bonds. The summed E-state index contributed by atoms with van der Waals surface area (Å²) < 4.78 is 9.59. The van der Waals surface area contributed by atoms with Crippen molar-refractivity contribution in [2.75, 3.05) is 19.8 Å². The molecule has 6 heteroatoms. The molecule has 100 valence electrons. The van der Waals surface area contributed by atoms with Gasteiger partial charge in [0.1, 0.15) is 11.0 Å². The van der Waals surface area contributed by atoms with Crippen LogP contribution >= 0.6 is 0 Å². The number of aliphatic hydroxyl groups excluding tert-OH is 2. The van der Waals surface area contributed by atoms with E-state index in [4.69, 9.17) is 14.9 Å². The summed E-state index contributed by atoms with van der Waals surface area (Å²) in [4.78, 5) is 22.7. The Labute approximate surface area is 101 Å². The van der Waals surface area contributed by atoms with E-state index in [1.807, 2.05) is 0 Å². The maximum Gasteiger partial charge on any atom is 0.344 e. The van der Waals surface area contributed by atoms with Crippen molar-refractivity contribution < 1.29 is 29.3 Å². The molecule has 0 rings (SSSR count). The highest BCUT2D eigenvalue weighted by atomic mass is 16.6. The minimum absolute atomic E-state index is 0.536. The molecule has 0 fully saturated rings. The summed E-state index contributed by atoms with van der Waals surface area (Å²) in [5.74, 6) is -1.52. The third-order valence-corrected chi connectivity index (χ3v) is 1.93. The fraction of sp³-hybridized carbons (Fsp3) is 0.818. The lowest BCUT2D eigenvalue weighted by Gasteiger charge is -2.23. The Morgan fingerprint density at radius 2 is 1.53 bits per heavy atom. The van der Waals surface area contributed by atoms with Crippen LogP contribution in [-0.2, 0) is 19.1 Å². The van der Waals surface area contributed by atoms with E-state index in [0.29, 0.717) is 0 Å². The SMILES string of the molecule is CC(C)(C)OC(=O)COC(=O)C(C)(CO)CO. The van der Waals surface area contributed by atoms with Gasteiger partial charge in [-0.1, -0.05) is 0 Å². The van der Waals surface area contributed by atoms with Gasteiger partial charge in [-0.15, -0.1) is 0 Å². The zero-order valence-corrected chi connectivity index (χ0v) is 10.6. The molecule has 0 atom stereocenters. The molecule has 0 aliphatic rings. The number of hydrogen-bond acceptors (Lipinski definition) is 6. The van der Waals surface area contributed by atoms with E-state index < -0.39 is 42.8 Å². The molecule has 0 spiro atoms. The van der Waals surface area contributed by atoms with E-state index in [1.165, 1.54) is 6.92 Å². The molecule has 0 aromatic carbocycles. The third-order valence-electron chi connectivity index (χ3n) is 1.93. The predicted octanol–water partition coefficient (Wildman–Crippen LogP) is -0.138. The van der Waals surface area contributed by atoms with Crippen LogP contribution in [0.3, 0.4) is 0 Å². The molecule has 0 bridgehead atoms. The first-order valence-electron chi connectivity index (χ1n) is 5.25. The van der Waals surface area contributed by atoms with Crippen molar-refractivity contribution in [3.8, 4) is 0 Å². The number of carbonyl (C=O) groups is 2. The standard InChI is InChI=1S/C11H20O6/c1-10(2,3)17-8(14)5-16-9(15)11(4,6-12)7-13/h12-13H,5-7H2,1-4H3. The van der Waals surface area contributed by atoms with E-state index in [1.54, 1.807) is 20.8 Å². The van der Waals surface area contributed by atoms with E-state index in [-0.39, 0.29) is 0 Å². The minimum atomic E-state index is -1.40. The number of ether oxygens (including phenoxy) is 2. The van der Waals surface area contributed by atoms with Crippen LogP contribution in [0.5, 0.6) is 0 Å². The molecule has 0 saturated carbocycles. The first-order chi connectivity index (χ1) is 7.64. The van der Waals surface area contributed by atoms with Crippen LogP contribution in [0.2, 0.25) is 0 Å². The summed E-state index contributed by atoms with van der Waals surface area (Å²) >= 11 is 0. The van der Waals surface area contributed by atoms with Gasteiger partial charge in [-0.2, -0.15) is 0 Å². The van der Waals surface area contributed by atoms with Gasteiger partial charge >= 0.3 is 11.9 Å². The van der Waals surface area contributed by atoms with E-state index in [0.717, 1.165) is 0 Å². The summed E-state index contributed by atoms with van der Waals surface area (Å²) in [6, 6.07) is 0. The Hall–Kier alpha value is -1.14. The molecule has 0 aliphatic carbocycles. The summed E-state index contributed by atoms with van der Waals surface area (Å²) in [5, 5.41) is 17.9. The molecule has 0 unspecified atom stereocenters. The van der Waals surface area contributed by atoms with Crippen LogP contribution in [0.25, 0.3) is 0 Å². The second kappa shape index (κ2) is 5.97. The zero-order valence-electron chi connectivity index (χ0n) is 10.6. The Morgan fingerprint density at radius 3 is 1.88 bits per heavy atom. The van der Waals surface area contributed by atoms with Crippen molar-refractivity contribution in [3.05, 3.63) is 0 Å². The molecule has 2 N–H and O–H groups in total. The Kier molecular flexibility index (Phi) is 5.57. The second-order valence-corrected chi connectivity index (χ2v) is 5.04. The van der Waals surface area contributed by atoms with Crippen LogP contribution < -0.4 is 0 Å². The van der Waals surface area contributed by atoms with Crippen molar-refractivity contribution in [3.63, 3.8) is 0 Å². The number of esters is 2. The van der Waals surface area contributed by atoms with Gasteiger partial charge < -0.3 is 19.7 Å². The largest absolute Gasteiger partial charge is 0.457 e. The highest BCUT2D eigenvalue weighted by Crippen LogP contribution is 2.16. The second-order valence-electron chi connectivity index (χ2n) is 5.04. The first kappa shape index (κ1) is 15.9. The van der Waals surface area contributed by atoms with Crippen LogP contribution in [0.4, 0.5) is 0 Å². The fourth-order valence-electron chi connectivity index (χ4n) is 0.849. The van der Waals surface area contributed by atoms with Crippen LogP contribution in [-0.4, -0.2) is 47.6 Å². The van der Waals surface area contributed by atoms with Gasteiger partial charge in [0.2, 0.25) is 0 Å². The smallest absolute Gasteiger partial charge is 0.344 e.